The fraction of sp³-hybridized carbons (Fsp3) is 0.400. The molecule has 2 aliphatic rings. The van der Waals surface area contributed by atoms with Gasteiger partial charge in [0.2, 0.25) is 5.91 Å². The number of likely N-dealkylation sites (N-methyl/N-ethyl adjacent to an activating group) is 1. The minimum Gasteiger partial charge on any atom is -0.394 e. The first-order chi connectivity index (χ1) is 12.2. The largest absolute Gasteiger partial charge is 0.394 e. The van der Waals surface area contributed by atoms with Gasteiger partial charge in [-0.15, -0.1) is 0 Å². The molecule has 0 spiro atoms. The third-order valence-corrected chi connectivity index (χ3v) is 5.56. The van der Waals surface area contributed by atoms with E-state index >= 15 is 0 Å². The first-order valence-electron chi connectivity index (χ1n) is 8.87. The van der Waals surface area contributed by atoms with Gasteiger partial charge in [-0.3, -0.25) is 14.7 Å². The number of carbonyl (C=O) groups excluding carboxylic acids is 1. The standard InChI is InChI=1S/C20H23N3O2/c1-2-22-11-17-20(18(13-24)23(17)19(25)12-22)15-7-5-14(6-8-15)16-4-3-9-21-10-16/h3-10,17-18,20,24H,2,11-13H2,1H3/t17-,18-,20+/m1/s1. The van der Waals surface area contributed by atoms with Gasteiger partial charge < -0.3 is 10.0 Å². The second-order valence-corrected chi connectivity index (χ2v) is 6.84. The van der Waals surface area contributed by atoms with Gasteiger partial charge in [0.15, 0.2) is 0 Å². The molecule has 0 bridgehead atoms. The molecule has 1 aromatic heterocycles. The predicted molar refractivity (Wildman–Crippen MR) is 96.0 cm³/mol. The molecule has 2 saturated heterocycles. The Balaban J connectivity index is 1.59. The molecular formula is C20H23N3O2. The van der Waals surface area contributed by atoms with Crippen LogP contribution in [0.15, 0.2) is 48.8 Å². The van der Waals surface area contributed by atoms with Crippen LogP contribution < -0.4 is 0 Å². The van der Waals surface area contributed by atoms with E-state index in [-0.39, 0.29) is 30.5 Å². The van der Waals surface area contributed by atoms with Gasteiger partial charge >= 0.3 is 0 Å². The highest BCUT2D eigenvalue weighted by atomic mass is 16.3. The Hall–Kier alpha value is -2.24. The summed E-state index contributed by atoms with van der Waals surface area (Å²) in [7, 11) is 0. The molecule has 5 nitrogen and oxygen atoms in total. The molecule has 5 heteroatoms. The summed E-state index contributed by atoms with van der Waals surface area (Å²) in [5.74, 6) is 0.339. The molecule has 2 fully saturated rings. The van der Waals surface area contributed by atoms with Gasteiger partial charge in [0.1, 0.15) is 0 Å². The second kappa shape index (κ2) is 6.58. The Bertz CT molecular complexity index is 747. The van der Waals surface area contributed by atoms with E-state index in [1.807, 2.05) is 23.2 Å². The van der Waals surface area contributed by atoms with Crippen molar-refractivity contribution in [2.75, 3.05) is 26.2 Å². The summed E-state index contributed by atoms with van der Waals surface area (Å²) in [6.07, 6.45) is 3.63. The monoisotopic (exact) mass is 337 g/mol. The Morgan fingerprint density at radius 2 is 2.00 bits per heavy atom. The molecule has 1 N–H and O–H groups in total. The van der Waals surface area contributed by atoms with Gasteiger partial charge in [-0.1, -0.05) is 37.3 Å². The number of hydrogen-bond donors (Lipinski definition) is 1. The molecule has 0 saturated carbocycles. The molecular weight excluding hydrogens is 314 g/mol. The molecule has 25 heavy (non-hydrogen) atoms. The maximum Gasteiger partial charge on any atom is 0.237 e. The van der Waals surface area contributed by atoms with E-state index in [1.165, 1.54) is 5.56 Å². The molecule has 0 aliphatic carbocycles. The van der Waals surface area contributed by atoms with E-state index in [4.69, 9.17) is 0 Å². The Morgan fingerprint density at radius 1 is 1.20 bits per heavy atom. The highest BCUT2D eigenvalue weighted by molar-refractivity contribution is 5.81. The molecule has 3 atom stereocenters. The first kappa shape index (κ1) is 16.2. The maximum absolute atomic E-state index is 12.4. The van der Waals surface area contributed by atoms with Crippen LogP contribution in [0.2, 0.25) is 0 Å². The van der Waals surface area contributed by atoms with Gasteiger partial charge in [0, 0.05) is 24.9 Å². The number of benzene rings is 1. The fourth-order valence-electron chi connectivity index (χ4n) is 4.24. The number of carbonyl (C=O) groups is 1. The highest BCUT2D eigenvalue weighted by Crippen LogP contribution is 2.43. The number of aliphatic hydroxyl groups excluding tert-OH is 1. The van der Waals surface area contributed by atoms with Crippen LogP contribution in [0.4, 0.5) is 0 Å². The second-order valence-electron chi connectivity index (χ2n) is 6.84. The van der Waals surface area contributed by atoms with Crippen molar-refractivity contribution in [3.05, 3.63) is 54.4 Å². The summed E-state index contributed by atoms with van der Waals surface area (Å²) in [5.41, 5.74) is 3.41. The molecule has 1 aromatic carbocycles. The van der Waals surface area contributed by atoms with Crippen LogP contribution in [0.3, 0.4) is 0 Å². The van der Waals surface area contributed by atoms with Gasteiger partial charge in [0.05, 0.1) is 25.2 Å². The van der Waals surface area contributed by atoms with E-state index in [1.54, 1.807) is 6.20 Å². The quantitative estimate of drug-likeness (QED) is 0.923. The van der Waals surface area contributed by atoms with E-state index in [9.17, 15) is 9.90 Å². The van der Waals surface area contributed by atoms with Crippen molar-refractivity contribution < 1.29 is 9.90 Å². The van der Waals surface area contributed by atoms with E-state index < -0.39 is 0 Å². The third kappa shape index (κ3) is 2.73. The summed E-state index contributed by atoms with van der Waals surface area (Å²) < 4.78 is 0. The van der Waals surface area contributed by atoms with E-state index in [0.29, 0.717) is 6.54 Å². The third-order valence-electron chi connectivity index (χ3n) is 5.56. The van der Waals surface area contributed by atoms with Crippen LogP contribution in [0.1, 0.15) is 18.4 Å². The predicted octanol–water partition coefficient (Wildman–Crippen LogP) is 1.74. The van der Waals surface area contributed by atoms with Gasteiger partial charge in [-0.25, -0.2) is 0 Å². The summed E-state index contributed by atoms with van der Waals surface area (Å²) in [6.45, 7) is 4.34. The van der Waals surface area contributed by atoms with Gasteiger partial charge in [-0.05, 0) is 29.3 Å². The lowest BCUT2D eigenvalue weighted by atomic mass is 9.73. The zero-order valence-electron chi connectivity index (χ0n) is 14.4. The van der Waals surface area contributed by atoms with Crippen molar-refractivity contribution in [3.8, 4) is 11.1 Å². The molecule has 4 rings (SSSR count). The number of aromatic nitrogens is 1. The lowest BCUT2D eigenvalue weighted by molar-refractivity contribution is -0.161. The molecule has 0 unspecified atom stereocenters. The summed E-state index contributed by atoms with van der Waals surface area (Å²) in [4.78, 5) is 20.6. The van der Waals surface area contributed by atoms with E-state index in [0.717, 1.165) is 24.2 Å². The minimum atomic E-state index is -0.0965. The summed E-state index contributed by atoms with van der Waals surface area (Å²) in [5, 5.41) is 9.81. The first-order valence-corrected chi connectivity index (χ1v) is 8.87. The van der Waals surface area contributed by atoms with Crippen molar-refractivity contribution in [2.45, 2.75) is 24.9 Å². The number of hydrogen-bond acceptors (Lipinski definition) is 4. The molecule has 0 radical (unpaired) electrons. The zero-order chi connectivity index (χ0) is 17.4. The van der Waals surface area contributed by atoms with Gasteiger partial charge in [-0.2, -0.15) is 0 Å². The molecule has 3 heterocycles. The van der Waals surface area contributed by atoms with Crippen molar-refractivity contribution in [1.29, 1.82) is 0 Å². The van der Waals surface area contributed by atoms with Crippen LogP contribution in [0.5, 0.6) is 0 Å². The minimum absolute atomic E-state index is 0.0173. The fourth-order valence-corrected chi connectivity index (χ4v) is 4.24. The number of pyridine rings is 1. The Labute approximate surface area is 147 Å². The van der Waals surface area contributed by atoms with Crippen molar-refractivity contribution >= 4 is 5.91 Å². The number of nitrogens with zero attached hydrogens (tertiary/aromatic N) is 3. The van der Waals surface area contributed by atoms with Crippen LogP contribution >= 0.6 is 0 Å². The average molecular weight is 337 g/mol. The van der Waals surface area contributed by atoms with Crippen LogP contribution in [0.25, 0.3) is 11.1 Å². The van der Waals surface area contributed by atoms with Crippen molar-refractivity contribution in [2.24, 2.45) is 0 Å². The number of rotatable bonds is 4. The molecule has 2 aromatic rings. The molecule has 130 valence electrons. The smallest absolute Gasteiger partial charge is 0.237 e. The zero-order valence-corrected chi connectivity index (χ0v) is 14.4. The van der Waals surface area contributed by atoms with Crippen LogP contribution in [-0.4, -0.2) is 64.1 Å². The molecule has 2 aliphatic heterocycles. The lowest BCUT2D eigenvalue weighted by Gasteiger charge is -2.58. The maximum atomic E-state index is 12.4. The Kier molecular flexibility index (Phi) is 4.27. The average Bonchev–Trinajstić information content (AvgIpc) is 2.64. The number of piperazine rings is 1. The topological polar surface area (TPSA) is 56.7 Å². The van der Waals surface area contributed by atoms with Crippen molar-refractivity contribution in [1.82, 2.24) is 14.8 Å². The number of fused-ring (bicyclic) bond motifs is 1. The van der Waals surface area contributed by atoms with Gasteiger partial charge in [0.25, 0.3) is 0 Å². The van der Waals surface area contributed by atoms with E-state index in [2.05, 4.69) is 41.1 Å². The molecule has 1 amide bonds. The van der Waals surface area contributed by atoms with Crippen LogP contribution in [-0.2, 0) is 4.79 Å². The Morgan fingerprint density at radius 3 is 2.64 bits per heavy atom. The lowest BCUT2D eigenvalue weighted by Crippen LogP contribution is -2.72. The normalized spacial score (nSPS) is 26.2. The van der Waals surface area contributed by atoms with Crippen molar-refractivity contribution in [3.63, 3.8) is 0 Å². The number of aliphatic hydroxyl groups is 1. The summed E-state index contributed by atoms with van der Waals surface area (Å²) in [6, 6.07) is 12.5. The van der Waals surface area contributed by atoms with Crippen LogP contribution in [0, 0.1) is 0 Å². The number of amides is 1. The highest BCUT2D eigenvalue weighted by Gasteiger charge is 2.53. The SMILES string of the molecule is CCN1CC(=O)N2[C@H](CO)[C@@H](c3ccc(-c4cccnc4)cc3)[C@H]2C1. The summed E-state index contributed by atoms with van der Waals surface area (Å²) >= 11 is 0.